The highest BCUT2D eigenvalue weighted by molar-refractivity contribution is 9.10. The number of fused-ring (bicyclic) bond motifs is 1. The molecule has 7 nitrogen and oxygen atoms in total. The van der Waals surface area contributed by atoms with Crippen LogP contribution in [-0.4, -0.2) is 49.8 Å². The zero-order chi connectivity index (χ0) is 20.9. The number of nitrogens with zero attached hydrogens (tertiary/aromatic N) is 1. The van der Waals surface area contributed by atoms with Crippen molar-refractivity contribution in [3.63, 3.8) is 0 Å². The molecule has 2 heterocycles. The van der Waals surface area contributed by atoms with Crippen LogP contribution in [0.2, 0.25) is 0 Å². The zero-order valence-corrected chi connectivity index (χ0v) is 18.0. The van der Waals surface area contributed by atoms with Gasteiger partial charge in [0.2, 0.25) is 6.79 Å². The Bertz CT molecular complexity index is 910. The highest BCUT2D eigenvalue weighted by Gasteiger charge is 2.26. The highest BCUT2D eigenvalue weighted by atomic mass is 79.9. The lowest BCUT2D eigenvalue weighted by Gasteiger charge is -2.31. The van der Waals surface area contributed by atoms with Crippen LogP contribution in [0.5, 0.6) is 11.5 Å². The van der Waals surface area contributed by atoms with E-state index in [-0.39, 0.29) is 25.1 Å². The molecular formula is C22H23BrN2O5. The van der Waals surface area contributed by atoms with Crippen LogP contribution < -0.4 is 14.8 Å². The Morgan fingerprint density at radius 3 is 2.63 bits per heavy atom. The van der Waals surface area contributed by atoms with Crippen molar-refractivity contribution in [1.82, 2.24) is 4.90 Å². The standard InChI is InChI=1S/C22H23BrN2O5/c23-17-6-4-15(5-7-17)20(26)16-8-10-25(11-9-16)12-13-28-22(27)24-18-2-1-3-19-21(18)30-14-29-19/h1-7,16H,8-14H2,(H,24,27). The van der Waals surface area contributed by atoms with E-state index in [2.05, 4.69) is 26.1 Å². The fourth-order valence-corrected chi connectivity index (χ4v) is 3.98. The summed E-state index contributed by atoms with van der Waals surface area (Å²) in [4.78, 5) is 26.9. The quantitative estimate of drug-likeness (QED) is 0.628. The maximum Gasteiger partial charge on any atom is 0.411 e. The summed E-state index contributed by atoms with van der Waals surface area (Å²) < 4.78 is 16.9. The van der Waals surface area contributed by atoms with Crippen LogP contribution in [0.25, 0.3) is 0 Å². The van der Waals surface area contributed by atoms with E-state index in [0.717, 1.165) is 36.0 Å². The number of likely N-dealkylation sites (tertiary alicyclic amines) is 1. The van der Waals surface area contributed by atoms with Gasteiger partial charge < -0.3 is 14.2 Å². The highest BCUT2D eigenvalue weighted by Crippen LogP contribution is 2.38. The fraction of sp³-hybridized carbons (Fsp3) is 0.364. The molecule has 2 aliphatic heterocycles. The van der Waals surface area contributed by atoms with Crippen molar-refractivity contribution in [2.75, 3.05) is 38.4 Å². The van der Waals surface area contributed by atoms with Gasteiger partial charge in [0.15, 0.2) is 17.3 Å². The third kappa shape index (κ3) is 4.94. The molecule has 1 N–H and O–H groups in total. The summed E-state index contributed by atoms with van der Waals surface area (Å²) in [5.74, 6) is 1.38. The third-order valence-electron chi connectivity index (χ3n) is 5.36. The molecular weight excluding hydrogens is 452 g/mol. The van der Waals surface area contributed by atoms with Crippen LogP contribution in [0.4, 0.5) is 10.5 Å². The lowest BCUT2D eigenvalue weighted by molar-refractivity contribution is 0.0813. The van der Waals surface area contributed by atoms with E-state index in [9.17, 15) is 9.59 Å². The topological polar surface area (TPSA) is 77.1 Å². The molecule has 1 amide bonds. The first-order chi connectivity index (χ1) is 14.6. The Morgan fingerprint density at radius 1 is 1.10 bits per heavy atom. The number of hydrogen-bond acceptors (Lipinski definition) is 6. The number of Topliss-reactive ketones (excluding diaryl/α,β-unsaturated/α-hetero) is 1. The van der Waals surface area contributed by atoms with Crippen LogP contribution in [-0.2, 0) is 4.74 Å². The van der Waals surface area contributed by atoms with E-state index in [4.69, 9.17) is 14.2 Å². The SMILES string of the molecule is O=C(Nc1cccc2c1OCO2)OCCN1CCC(C(=O)c2ccc(Br)cc2)CC1. The van der Waals surface area contributed by atoms with Crippen molar-refractivity contribution in [2.45, 2.75) is 12.8 Å². The van der Waals surface area contributed by atoms with Gasteiger partial charge in [-0.1, -0.05) is 34.1 Å². The first-order valence-electron chi connectivity index (χ1n) is 9.94. The first-order valence-corrected chi connectivity index (χ1v) is 10.7. The van der Waals surface area contributed by atoms with Gasteiger partial charge in [0.25, 0.3) is 0 Å². The smallest absolute Gasteiger partial charge is 0.411 e. The molecule has 158 valence electrons. The van der Waals surface area contributed by atoms with Gasteiger partial charge in [-0.3, -0.25) is 15.0 Å². The molecule has 0 bridgehead atoms. The van der Waals surface area contributed by atoms with Gasteiger partial charge in [0.1, 0.15) is 6.61 Å². The van der Waals surface area contributed by atoms with Gasteiger partial charge in [0.05, 0.1) is 5.69 Å². The van der Waals surface area contributed by atoms with Gasteiger partial charge in [0, 0.05) is 22.5 Å². The van der Waals surface area contributed by atoms with Crippen molar-refractivity contribution in [3.05, 3.63) is 52.5 Å². The Labute approximate surface area is 183 Å². The Kier molecular flexibility index (Phi) is 6.54. The van der Waals surface area contributed by atoms with Crippen LogP contribution in [0.15, 0.2) is 46.9 Å². The fourth-order valence-electron chi connectivity index (χ4n) is 3.71. The number of rotatable bonds is 6. The van der Waals surface area contributed by atoms with Crippen LogP contribution >= 0.6 is 15.9 Å². The molecule has 0 unspecified atom stereocenters. The van der Waals surface area contributed by atoms with Gasteiger partial charge in [-0.25, -0.2) is 4.79 Å². The largest absolute Gasteiger partial charge is 0.454 e. The number of ether oxygens (including phenoxy) is 3. The monoisotopic (exact) mass is 474 g/mol. The summed E-state index contributed by atoms with van der Waals surface area (Å²) in [5, 5.41) is 2.69. The van der Waals surface area contributed by atoms with E-state index >= 15 is 0 Å². The normalized spacial score (nSPS) is 16.3. The minimum absolute atomic E-state index is 0.0500. The molecule has 0 aromatic heterocycles. The number of ketones is 1. The molecule has 4 rings (SSSR count). The summed E-state index contributed by atoms with van der Waals surface area (Å²) in [6, 6.07) is 12.8. The lowest BCUT2D eigenvalue weighted by Crippen LogP contribution is -2.38. The lowest BCUT2D eigenvalue weighted by atomic mass is 9.89. The van der Waals surface area contributed by atoms with Crippen molar-refractivity contribution >= 4 is 33.5 Å². The molecule has 2 aromatic carbocycles. The number of halogens is 1. The average Bonchev–Trinajstić information content (AvgIpc) is 3.24. The minimum Gasteiger partial charge on any atom is -0.454 e. The Balaban J connectivity index is 1.18. The number of piperidine rings is 1. The second-order valence-electron chi connectivity index (χ2n) is 7.29. The van der Waals surface area contributed by atoms with Crippen LogP contribution in [0, 0.1) is 5.92 Å². The molecule has 0 saturated carbocycles. The second-order valence-corrected chi connectivity index (χ2v) is 8.20. The summed E-state index contributed by atoms with van der Waals surface area (Å²) in [5.41, 5.74) is 1.29. The molecule has 0 aliphatic carbocycles. The molecule has 1 saturated heterocycles. The van der Waals surface area contributed by atoms with Crippen molar-refractivity contribution in [1.29, 1.82) is 0 Å². The molecule has 8 heteroatoms. The number of para-hydroxylation sites is 1. The van der Waals surface area contributed by atoms with Crippen molar-refractivity contribution < 1.29 is 23.8 Å². The predicted molar refractivity (Wildman–Crippen MR) is 115 cm³/mol. The number of hydrogen-bond donors (Lipinski definition) is 1. The van der Waals surface area contributed by atoms with Gasteiger partial charge in [-0.05, 0) is 50.2 Å². The summed E-state index contributed by atoms with van der Waals surface area (Å²) in [6.07, 6.45) is 1.10. The maximum atomic E-state index is 12.6. The molecule has 30 heavy (non-hydrogen) atoms. The van der Waals surface area contributed by atoms with E-state index in [1.54, 1.807) is 18.2 Å². The molecule has 0 radical (unpaired) electrons. The molecule has 0 spiro atoms. The van der Waals surface area contributed by atoms with Gasteiger partial charge >= 0.3 is 6.09 Å². The van der Waals surface area contributed by atoms with E-state index < -0.39 is 6.09 Å². The van der Waals surface area contributed by atoms with Crippen molar-refractivity contribution in [3.8, 4) is 11.5 Å². The number of benzene rings is 2. The van der Waals surface area contributed by atoms with E-state index in [1.165, 1.54) is 0 Å². The number of amides is 1. The maximum absolute atomic E-state index is 12.6. The Morgan fingerprint density at radius 2 is 1.87 bits per heavy atom. The zero-order valence-electron chi connectivity index (χ0n) is 16.4. The van der Waals surface area contributed by atoms with Crippen LogP contribution in [0.3, 0.4) is 0 Å². The van der Waals surface area contributed by atoms with E-state index in [0.29, 0.717) is 23.7 Å². The number of carbonyl (C=O) groups is 2. The van der Waals surface area contributed by atoms with Crippen LogP contribution in [0.1, 0.15) is 23.2 Å². The van der Waals surface area contributed by atoms with E-state index in [1.807, 2.05) is 24.3 Å². The number of nitrogens with one attached hydrogen (secondary N) is 1. The summed E-state index contributed by atoms with van der Waals surface area (Å²) >= 11 is 3.39. The van der Waals surface area contributed by atoms with Crippen molar-refractivity contribution in [2.24, 2.45) is 5.92 Å². The third-order valence-corrected chi connectivity index (χ3v) is 5.89. The molecule has 0 atom stereocenters. The number of anilines is 1. The minimum atomic E-state index is -0.529. The molecule has 2 aliphatic rings. The number of carbonyl (C=O) groups excluding carboxylic acids is 2. The molecule has 2 aromatic rings. The predicted octanol–water partition coefficient (Wildman–Crippen LogP) is 4.32. The van der Waals surface area contributed by atoms with Gasteiger partial charge in [-0.15, -0.1) is 0 Å². The summed E-state index contributed by atoms with van der Waals surface area (Å²) in [7, 11) is 0. The first kappa shape index (κ1) is 20.7. The Hall–Kier alpha value is -2.58. The average molecular weight is 475 g/mol. The summed E-state index contributed by atoms with van der Waals surface area (Å²) in [6.45, 7) is 2.69. The van der Waals surface area contributed by atoms with Gasteiger partial charge in [-0.2, -0.15) is 0 Å². The second kappa shape index (κ2) is 9.49. The molecule has 1 fully saturated rings.